The second-order valence-corrected chi connectivity index (χ2v) is 8.25. The van der Waals surface area contributed by atoms with Crippen molar-refractivity contribution in [2.45, 2.75) is 26.7 Å². The summed E-state index contributed by atoms with van der Waals surface area (Å²) < 4.78 is 17.1. The summed E-state index contributed by atoms with van der Waals surface area (Å²) >= 11 is 0. The molecule has 2 atom stereocenters. The van der Waals surface area contributed by atoms with Gasteiger partial charge in [-0.3, -0.25) is 19.3 Å². The third-order valence-corrected chi connectivity index (χ3v) is 6.19. The summed E-state index contributed by atoms with van der Waals surface area (Å²) in [5, 5.41) is 2.82. The van der Waals surface area contributed by atoms with Crippen LogP contribution in [0.3, 0.4) is 0 Å². The molecule has 4 rings (SSSR count). The number of fused-ring (bicyclic) bond motifs is 1. The van der Waals surface area contributed by atoms with Crippen LogP contribution in [0.15, 0.2) is 24.3 Å². The van der Waals surface area contributed by atoms with Crippen LogP contribution >= 0.6 is 0 Å². The van der Waals surface area contributed by atoms with Crippen molar-refractivity contribution < 1.29 is 28.6 Å². The SMILES string of the molecule is CCOc1cc(N2CCOCC2)c(OCC)cc1NC(=O)CN1C(=O)[C@H]2CC=CC[C@@H]2C1=O. The Morgan fingerprint density at radius 2 is 1.61 bits per heavy atom. The van der Waals surface area contributed by atoms with Gasteiger partial charge in [-0.05, 0) is 26.7 Å². The number of carbonyl (C=O) groups excluding carboxylic acids is 3. The van der Waals surface area contributed by atoms with Crippen molar-refractivity contribution in [3.63, 3.8) is 0 Å². The fraction of sp³-hybridized carbons (Fsp3) is 0.542. The summed E-state index contributed by atoms with van der Waals surface area (Å²) in [7, 11) is 0. The standard InChI is InChI=1S/C24H31N3O6/c1-3-32-20-14-19(26-9-11-31-12-10-26)21(33-4-2)13-18(20)25-22(28)15-27-23(29)16-7-5-6-8-17(16)24(27)30/h5-6,13-14,16-17H,3-4,7-12,15H2,1-2H3,(H,25,28)/t16-,17-/m0/s1. The Morgan fingerprint density at radius 1 is 1.00 bits per heavy atom. The average Bonchev–Trinajstić information content (AvgIpc) is 3.06. The maximum atomic E-state index is 12.9. The highest BCUT2D eigenvalue weighted by atomic mass is 16.5. The van der Waals surface area contributed by atoms with Crippen molar-refractivity contribution in [2.24, 2.45) is 11.8 Å². The molecule has 1 N–H and O–H groups in total. The van der Waals surface area contributed by atoms with E-state index in [1.165, 1.54) is 0 Å². The lowest BCUT2D eigenvalue weighted by atomic mass is 9.85. The van der Waals surface area contributed by atoms with E-state index in [1.807, 2.05) is 32.1 Å². The molecule has 1 aromatic carbocycles. The summed E-state index contributed by atoms with van der Waals surface area (Å²) in [6, 6.07) is 3.61. The number of likely N-dealkylation sites (tertiary alicyclic amines) is 1. The number of hydrogen-bond donors (Lipinski definition) is 1. The van der Waals surface area contributed by atoms with Gasteiger partial charge in [-0.25, -0.2) is 0 Å². The molecule has 178 valence electrons. The molecule has 1 aliphatic carbocycles. The highest BCUT2D eigenvalue weighted by Gasteiger charge is 2.47. The smallest absolute Gasteiger partial charge is 0.244 e. The number of hydrogen-bond acceptors (Lipinski definition) is 7. The van der Waals surface area contributed by atoms with Crippen molar-refractivity contribution >= 4 is 29.1 Å². The molecule has 2 saturated heterocycles. The van der Waals surface area contributed by atoms with Gasteiger partial charge in [0.2, 0.25) is 17.7 Å². The molecule has 0 radical (unpaired) electrons. The molecule has 9 nitrogen and oxygen atoms in total. The fourth-order valence-corrected chi connectivity index (χ4v) is 4.60. The van der Waals surface area contributed by atoms with Crippen molar-refractivity contribution in [3.05, 3.63) is 24.3 Å². The van der Waals surface area contributed by atoms with Gasteiger partial charge in [0, 0.05) is 25.2 Å². The van der Waals surface area contributed by atoms with Gasteiger partial charge < -0.3 is 24.4 Å². The first-order chi connectivity index (χ1) is 16.0. The minimum absolute atomic E-state index is 0.271. The number of anilines is 2. The Labute approximate surface area is 193 Å². The van der Waals surface area contributed by atoms with Gasteiger partial charge in [-0.15, -0.1) is 0 Å². The summed E-state index contributed by atoms with van der Waals surface area (Å²) in [5.41, 5.74) is 1.32. The molecule has 0 saturated carbocycles. The topological polar surface area (TPSA) is 97.4 Å². The first-order valence-electron chi connectivity index (χ1n) is 11.6. The van der Waals surface area contributed by atoms with E-state index in [1.54, 1.807) is 6.07 Å². The van der Waals surface area contributed by atoms with Crippen LogP contribution in [0.25, 0.3) is 0 Å². The maximum absolute atomic E-state index is 12.9. The van der Waals surface area contributed by atoms with Crippen LogP contribution in [0.4, 0.5) is 11.4 Å². The molecule has 2 heterocycles. The van der Waals surface area contributed by atoms with Gasteiger partial charge >= 0.3 is 0 Å². The Balaban J connectivity index is 1.53. The molecule has 1 aromatic rings. The number of carbonyl (C=O) groups is 3. The van der Waals surface area contributed by atoms with E-state index in [2.05, 4.69) is 10.2 Å². The average molecular weight is 458 g/mol. The van der Waals surface area contributed by atoms with E-state index >= 15 is 0 Å². The highest BCUT2D eigenvalue weighted by molar-refractivity contribution is 6.09. The Bertz CT molecular complexity index is 914. The second-order valence-electron chi connectivity index (χ2n) is 8.25. The lowest BCUT2D eigenvalue weighted by molar-refractivity contribution is -0.142. The first-order valence-corrected chi connectivity index (χ1v) is 11.6. The number of morpholine rings is 1. The van der Waals surface area contributed by atoms with Crippen LogP contribution in [-0.4, -0.2) is 68.7 Å². The van der Waals surface area contributed by atoms with E-state index in [-0.39, 0.29) is 30.2 Å². The number of ether oxygens (including phenoxy) is 3. The zero-order chi connectivity index (χ0) is 23.4. The minimum Gasteiger partial charge on any atom is -0.492 e. The number of allylic oxidation sites excluding steroid dienone is 2. The molecular weight excluding hydrogens is 426 g/mol. The van der Waals surface area contributed by atoms with Gasteiger partial charge in [-0.1, -0.05) is 12.2 Å². The minimum atomic E-state index is -0.453. The molecule has 0 aromatic heterocycles. The summed E-state index contributed by atoms with van der Waals surface area (Å²) in [6.07, 6.45) is 4.94. The van der Waals surface area contributed by atoms with E-state index in [0.29, 0.717) is 56.5 Å². The van der Waals surface area contributed by atoms with Crippen molar-refractivity contribution in [3.8, 4) is 11.5 Å². The first kappa shape index (κ1) is 23.1. The molecule has 0 unspecified atom stereocenters. The quantitative estimate of drug-likeness (QED) is 0.472. The lowest BCUT2D eigenvalue weighted by Gasteiger charge is -2.31. The molecule has 0 spiro atoms. The van der Waals surface area contributed by atoms with Crippen LogP contribution < -0.4 is 19.7 Å². The van der Waals surface area contributed by atoms with Gasteiger partial charge in [0.15, 0.2) is 0 Å². The van der Waals surface area contributed by atoms with E-state index in [4.69, 9.17) is 14.2 Å². The predicted molar refractivity (Wildman–Crippen MR) is 123 cm³/mol. The van der Waals surface area contributed by atoms with Gasteiger partial charge in [0.05, 0.1) is 49.6 Å². The second kappa shape index (κ2) is 10.2. The number of rotatable bonds is 8. The van der Waals surface area contributed by atoms with Crippen LogP contribution in [0.2, 0.25) is 0 Å². The lowest BCUT2D eigenvalue weighted by Crippen LogP contribution is -2.38. The van der Waals surface area contributed by atoms with Crippen LogP contribution in [0, 0.1) is 11.8 Å². The number of nitrogens with one attached hydrogen (secondary N) is 1. The third kappa shape index (κ3) is 4.83. The zero-order valence-electron chi connectivity index (χ0n) is 19.2. The summed E-state index contributed by atoms with van der Waals surface area (Å²) in [5.74, 6) is -0.570. The maximum Gasteiger partial charge on any atom is 0.244 e. The molecule has 33 heavy (non-hydrogen) atoms. The number of amides is 3. The Hall–Kier alpha value is -3.07. The predicted octanol–water partition coefficient (Wildman–Crippen LogP) is 2.21. The normalized spacial score (nSPS) is 22.4. The van der Waals surface area contributed by atoms with Crippen LogP contribution in [0.5, 0.6) is 11.5 Å². The molecule has 2 fully saturated rings. The van der Waals surface area contributed by atoms with E-state index in [0.717, 1.165) is 23.7 Å². The van der Waals surface area contributed by atoms with Gasteiger partial charge in [0.1, 0.15) is 18.0 Å². The van der Waals surface area contributed by atoms with Crippen molar-refractivity contribution in [1.29, 1.82) is 0 Å². The zero-order valence-corrected chi connectivity index (χ0v) is 19.2. The van der Waals surface area contributed by atoms with Gasteiger partial charge in [-0.2, -0.15) is 0 Å². The highest BCUT2D eigenvalue weighted by Crippen LogP contribution is 2.40. The molecular formula is C24H31N3O6. The molecule has 0 bridgehead atoms. The number of nitrogens with zero attached hydrogens (tertiary/aromatic N) is 2. The molecule has 3 aliphatic rings. The Morgan fingerprint density at radius 3 is 2.21 bits per heavy atom. The third-order valence-electron chi connectivity index (χ3n) is 6.19. The van der Waals surface area contributed by atoms with E-state index in [9.17, 15) is 14.4 Å². The Kier molecular flexibility index (Phi) is 7.17. The molecule has 9 heteroatoms. The van der Waals surface area contributed by atoms with Crippen LogP contribution in [0.1, 0.15) is 26.7 Å². The number of imide groups is 1. The monoisotopic (exact) mass is 457 g/mol. The van der Waals surface area contributed by atoms with Crippen LogP contribution in [-0.2, 0) is 19.1 Å². The fourth-order valence-electron chi connectivity index (χ4n) is 4.60. The van der Waals surface area contributed by atoms with Gasteiger partial charge in [0.25, 0.3) is 0 Å². The summed E-state index contributed by atoms with van der Waals surface area (Å²) in [6.45, 7) is 7.05. The molecule has 2 aliphatic heterocycles. The van der Waals surface area contributed by atoms with Crippen molar-refractivity contribution in [1.82, 2.24) is 4.90 Å². The van der Waals surface area contributed by atoms with E-state index < -0.39 is 5.91 Å². The largest absolute Gasteiger partial charge is 0.492 e. The molecule has 3 amide bonds. The number of benzene rings is 1. The van der Waals surface area contributed by atoms with Crippen molar-refractivity contribution in [2.75, 3.05) is 56.3 Å². The summed E-state index contributed by atoms with van der Waals surface area (Å²) in [4.78, 5) is 41.5.